The fraction of sp³-hybridized carbons (Fsp3) is 0.581. The summed E-state index contributed by atoms with van der Waals surface area (Å²) in [5.74, 6) is 0.895. The predicted molar refractivity (Wildman–Crippen MR) is 171 cm³/mol. The number of nitrogens with zero attached hydrogens (tertiary/aromatic N) is 7. The number of fused-ring (bicyclic) bond motifs is 1. The summed E-state index contributed by atoms with van der Waals surface area (Å²) in [6.45, 7) is 19.9. The average molecular weight is 583 g/mol. The van der Waals surface area contributed by atoms with Crippen LogP contribution in [-0.4, -0.2) is 93.9 Å². The maximum atomic E-state index is 12.5. The third-order valence-electron chi connectivity index (χ3n) is 6.46. The molecule has 11 heteroatoms. The number of ether oxygens (including phenoxy) is 2. The van der Waals surface area contributed by atoms with Crippen LogP contribution in [0.25, 0.3) is 22.2 Å². The van der Waals surface area contributed by atoms with Gasteiger partial charge in [0.15, 0.2) is 0 Å². The summed E-state index contributed by atoms with van der Waals surface area (Å²) in [6, 6.07) is 6.18. The molecular weight excluding hydrogens is 532 g/mol. The number of amides is 1. The second kappa shape index (κ2) is 16.2. The van der Waals surface area contributed by atoms with E-state index in [0.29, 0.717) is 32.3 Å². The highest BCUT2D eigenvalue weighted by Crippen LogP contribution is 2.30. The highest BCUT2D eigenvalue weighted by Gasteiger charge is 2.26. The minimum Gasteiger partial charge on any atom is -0.444 e. The first-order valence-corrected chi connectivity index (χ1v) is 14.7. The van der Waals surface area contributed by atoms with E-state index in [2.05, 4.69) is 25.8 Å². The lowest BCUT2D eigenvalue weighted by Gasteiger charge is -2.35. The predicted octanol–water partition coefficient (Wildman–Crippen LogP) is 5.25. The number of anilines is 2. The summed E-state index contributed by atoms with van der Waals surface area (Å²) in [4.78, 5) is 37.1. The van der Waals surface area contributed by atoms with Crippen LogP contribution < -0.4 is 10.6 Å². The van der Waals surface area contributed by atoms with Crippen molar-refractivity contribution in [2.75, 3.05) is 63.1 Å². The van der Waals surface area contributed by atoms with E-state index in [0.717, 1.165) is 60.4 Å². The van der Waals surface area contributed by atoms with Crippen molar-refractivity contribution in [2.24, 2.45) is 0 Å². The number of aromatic nitrogens is 4. The Morgan fingerprint density at radius 3 is 2.17 bits per heavy atom. The van der Waals surface area contributed by atoms with Gasteiger partial charge in [-0.2, -0.15) is 0 Å². The quantitative estimate of drug-likeness (QED) is 0.436. The molecule has 2 aliphatic rings. The monoisotopic (exact) mass is 582 g/mol. The topological polar surface area (TPSA) is 123 Å². The van der Waals surface area contributed by atoms with Crippen molar-refractivity contribution in [3.63, 3.8) is 0 Å². The first-order chi connectivity index (χ1) is 19.8. The van der Waals surface area contributed by atoms with E-state index < -0.39 is 5.60 Å². The number of rotatable bonds is 4. The van der Waals surface area contributed by atoms with Crippen LogP contribution in [0.2, 0.25) is 0 Å². The lowest BCUT2D eigenvalue weighted by atomic mass is 10.0. The Bertz CT molecular complexity index is 1250. The number of morpholine rings is 1. The molecule has 2 saturated heterocycles. The Balaban J connectivity index is 0.00000118. The van der Waals surface area contributed by atoms with Gasteiger partial charge in [-0.05, 0) is 26.3 Å². The summed E-state index contributed by atoms with van der Waals surface area (Å²) < 4.78 is 11.1. The van der Waals surface area contributed by atoms with E-state index in [9.17, 15) is 4.79 Å². The van der Waals surface area contributed by atoms with Gasteiger partial charge in [0.1, 0.15) is 5.60 Å². The van der Waals surface area contributed by atoms with Gasteiger partial charge in [-0.25, -0.2) is 24.7 Å². The number of carbonyl (C=O) groups is 1. The zero-order valence-electron chi connectivity index (χ0n) is 25.7. The van der Waals surface area contributed by atoms with Crippen LogP contribution in [0, 0.1) is 0 Å². The summed E-state index contributed by atoms with van der Waals surface area (Å²) in [5.41, 5.74) is 8.82. The van der Waals surface area contributed by atoms with Crippen molar-refractivity contribution in [1.82, 2.24) is 29.7 Å². The molecule has 0 aliphatic carbocycles. The van der Waals surface area contributed by atoms with Crippen molar-refractivity contribution >= 4 is 28.9 Å². The molecule has 2 aliphatic heterocycles. The van der Waals surface area contributed by atoms with Crippen LogP contribution in [0.15, 0.2) is 30.6 Å². The number of benzene rings is 1. The molecule has 1 amide bonds. The number of nitrogen functional groups attached to an aromatic ring is 1. The molecule has 4 heterocycles. The van der Waals surface area contributed by atoms with Crippen LogP contribution in [0.3, 0.4) is 0 Å². The highest BCUT2D eigenvalue weighted by molar-refractivity contribution is 5.94. The lowest BCUT2D eigenvalue weighted by Crippen LogP contribution is -2.49. The fourth-order valence-corrected chi connectivity index (χ4v) is 4.57. The van der Waals surface area contributed by atoms with Gasteiger partial charge in [0, 0.05) is 69.2 Å². The molecule has 1 aromatic carbocycles. The van der Waals surface area contributed by atoms with Crippen LogP contribution in [-0.2, 0) is 16.0 Å². The van der Waals surface area contributed by atoms with Gasteiger partial charge in [0.05, 0.1) is 24.4 Å². The second-order valence-corrected chi connectivity index (χ2v) is 10.4. The molecule has 11 nitrogen and oxygen atoms in total. The zero-order chi connectivity index (χ0) is 30.0. The van der Waals surface area contributed by atoms with Gasteiger partial charge < -0.3 is 25.0 Å². The zero-order valence-corrected chi connectivity index (χ0v) is 25.7. The van der Waals surface area contributed by atoms with Crippen molar-refractivity contribution in [3.05, 3.63) is 36.2 Å². The van der Waals surface area contributed by atoms with E-state index in [4.69, 9.17) is 25.2 Å². The molecule has 3 aromatic rings. The Hall–Kier alpha value is -3.57. The first kappa shape index (κ1) is 34.6. The summed E-state index contributed by atoms with van der Waals surface area (Å²) in [5, 5.41) is 0.940. The Morgan fingerprint density at radius 2 is 1.57 bits per heavy atom. The van der Waals surface area contributed by atoms with Gasteiger partial charge in [-0.3, -0.25) is 4.90 Å². The molecular formula is C31H50N8O3. The minimum absolute atomic E-state index is 0. The molecule has 42 heavy (non-hydrogen) atoms. The molecule has 0 unspecified atom stereocenters. The number of hydrogen-bond acceptors (Lipinski definition) is 10. The smallest absolute Gasteiger partial charge is 0.410 e. The number of nitrogens with two attached hydrogens (primary N) is 1. The molecule has 0 atom stereocenters. The maximum absolute atomic E-state index is 12.5. The van der Waals surface area contributed by atoms with Gasteiger partial charge in [-0.1, -0.05) is 53.3 Å². The molecule has 232 valence electrons. The fourth-order valence-electron chi connectivity index (χ4n) is 4.57. The molecule has 0 saturated carbocycles. The first-order valence-electron chi connectivity index (χ1n) is 14.7. The Labute approximate surface area is 251 Å². The average Bonchev–Trinajstić information content (AvgIpc) is 2.99. The van der Waals surface area contributed by atoms with Crippen molar-refractivity contribution in [1.29, 1.82) is 0 Å². The van der Waals surface area contributed by atoms with E-state index in [1.165, 1.54) is 0 Å². The van der Waals surface area contributed by atoms with Crippen LogP contribution >= 0.6 is 0 Å². The van der Waals surface area contributed by atoms with E-state index in [1.807, 2.05) is 60.6 Å². The van der Waals surface area contributed by atoms with Crippen LogP contribution in [0.5, 0.6) is 0 Å². The Morgan fingerprint density at radius 1 is 0.952 bits per heavy atom. The largest absolute Gasteiger partial charge is 0.444 e. The summed E-state index contributed by atoms with van der Waals surface area (Å²) >= 11 is 0. The van der Waals surface area contributed by atoms with Gasteiger partial charge in [-0.15, -0.1) is 0 Å². The van der Waals surface area contributed by atoms with Crippen molar-refractivity contribution in [2.45, 2.75) is 68.0 Å². The lowest BCUT2D eigenvalue weighted by molar-refractivity contribution is 0.0139. The molecule has 2 aromatic heterocycles. The number of piperazine rings is 1. The normalized spacial score (nSPS) is 15.5. The Kier molecular flexibility index (Phi) is 13.3. The molecule has 2 N–H and O–H groups in total. The van der Waals surface area contributed by atoms with Crippen molar-refractivity contribution in [3.8, 4) is 11.3 Å². The van der Waals surface area contributed by atoms with Crippen molar-refractivity contribution < 1.29 is 14.3 Å². The van der Waals surface area contributed by atoms with E-state index in [-0.39, 0.29) is 19.5 Å². The molecule has 0 radical (unpaired) electrons. The SMILES string of the molecule is C.CC.CC.CC(C)(C)OC(=O)N1CCN(Cc2cccc3c(-c4cnc(N)nc4)nc(N4CCOCC4)nc23)CC1. The third-order valence-corrected chi connectivity index (χ3v) is 6.46. The van der Waals surface area contributed by atoms with Crippen LogP contribution in [0.4, 0.5) is 16.7 Å². The molecule has 0 bridgehead atoms. The summed E-state index contributed by atoms with van der Waals surface area (Å²) in [7, 11) is 0. The highest BCUT2D eigenvalue weighted by atomic mass is 16.6. The maximum Gasteiger partial charge on any atom is 0.410 e. The number of hydrogen-bond donors (Lipinski definition) is 1. The van der Waals surface area contributed by atoms with E-state index in [1.54, 1.807) is 17.3 Å². The number of para-hydroxylation sites is 1. The molecule has 2 fully saturated rings. The van der Waals surface area contributed by atoms with Gasteiger partial charge >= 0.3 is 6.09 Å². The second-order valence-electron chi connectivity index (χ2n) is 10.4. The summed E-state index contributed by atoms with van der Waals surface area (Å²) in [6.07, 6.45) is 3.15. The van der Waals surface area contributed by atoms with E-state index >= 15 is 0 Å². The van der Waals surface area contributed by atoms with Gasteiger partial charge in [0.25, 0.3) is 0 Å². The third kappa shape index (κ3) is 8.96. The molecule has 5 rings (SSSR count). The van der Waals surface area contributed by atoms with Gasteiger partial charge in [0.2, 0.25) is 11.9 Å². The minimum atomic E-state index is -0.498. The molecule has 0 spiro atoms. The standard InChI is InChI=1S/C26H34N8O3.2C2H6.CH4/c1-26(2,3)37-25(35)34-9-7-32(8-10-34)17-18-5-4-6-20-21(18)30-24(33-11-13-36-14-12-33)31-22(20)19-15-28-23(27)29-16-19;2*1-2;/h4-6,15-16H,7-14,17H2,1-3H3,(H2,27,28,29);2*1-2H3;1H4. The number of carbonyl (C=O) groups excluding carboxylic acids is 1. The van der Waals surface area contributed by atoms with Crippen LogP contribution in [0.1, 0.15) is 61.5 Å².